The fourth-order valence-electron chi connectivity index (χ4n) is 3.03. The monoisotopic (exact) mass is 208 g/mol. The van der Waals surface area contributed by atoms with Gasteiger partial charge < -0.3 is 4.74 Å². The largest absolute Gasteiger partial charge is 0.454 e. The van der Waals surface area contributed by atoms with E-state index in [4.69, 9.17) is 4.74 Å². The summed E-state index contributed by atoms with van der Waals surface area (Å²) >= 11 is 0. The summed E-state index contributed by atoms with van der Waals surface area (Å²) in [6.45, 7) is 5.98. The van der Waals surface area contributed by atoms with Crippen molar-refractivity contribution in [2.24, 2.45) is 11.3 Å². The van der Waals surface area contributed by atoms with Gasteiger partial charge in [-0.05, 0) is 52.5 Å². The van der Waals surface area contributed by atoms with Crippen molar-refractivity contribution in [2.75, 3.05) is 0 Å². The van der Waals surface area contributed by atoms with E-state index in [1.165, 1.54) is 12.8 Å². The maximum atomic E-state index is 11.9. The number of allylic oxidation sites excluding steroid dienone is 1. The van der Waals surface area contributed by atoms with Crippen LogP contribution in [0.3, 0.4) is 0 Å². The lowest BCUT2D eigenvalue weighted by molar-refractivity contribution is -0.182. The summed E-state index contributed by atoms with van der Waals surface area (Å²) in [6.07, 6.45) is 8.46. The van der Waals surface area contributed by atoms with Gasteiger partial charge in [0.1, 0.15) is 5.60 Å². The Balaban J connectivity index is 2.29. The summed E-state index contributed by atoms with van der Waals surface area (Å²) in [4.78, 5) is 11.9. The molecular formula is C13H20O2. The summed E-state index contributed by atoms with van der Waals surface area (Å²) < 4.78 is 5.73. The van der Waals surface area contributed by atoms with Crippen molar-refractivity contribution in [1.82, 2.24) is 0 Å². The molecule has 2 aliphatic rings. The minimum atomic E-state index is -0.292. The second kappa shape index (κ2) is 3.36. The molecule has 1 saturated carbocycles. The maximum absolute atomic E-state index is 11.9. The smallest absolute Gasteiger partial charge is 0.312 e. The number of ether oxygens (including phenoxy) is 1. The van der Waals surface area contributed by atoms with Crippen LogP contribution in [0.4, 0.5) is 0 Å². The molecule has 2 atom stereocenters. The molecule has 0 unspecified atom stereocenters. The molecule has 0 aromatic heterocycles. The molecule has 1 saturated heterocycles. The average molecular weight is 208 g/mol. The van der Waals surface area contributed by atoms with Crippen LogP contribution in [0.5, 0.6) is 0 Å². The van der Waals surface area contributed by atoms with Crippen molar-refractivity contribution in [3.63, 3.8) is 0 Å². The van der Waals surface area contributed by atoms with E-state index in [1.807, 2.05) is 26.8 Å². The highest BCUT2D eigenvalue weighted by molar-refractivity contribution is 5.77. The maximum Gasteiger partial charge on any atom is 0.312 e. The lowest BCUT2D eigenvalue weighted by atomic mass is 9.73. The molecule has 2 fully saturated rings. The molecular weight excluding hydrogens is 188 g/mol. The van der Waals surface area contributed by atoms with Crippen LogP contribution in [0.25, 0.3) is 0 Å². The molecule has 0 radical (unpaired) electrons. The number of fused-ring (bicyclic) bond motifs is 1. The zero-order chi connectivity index (χ0) is 11.1. The van der Waals surface area contributed by atoms with Crippen molar-refractivity contribution >= 4 is 5.97 Å². The third-order valence-corrected chi connectivity index (χ3v) is 3.85. The van der Waals surface area contributed by atoms with E-state index in [0.29, 0.717) is 5.92 Å². The molecule has 0 aromatic rings. The van der Waals surface area contributed by atoms with Gasteiger partial charge >= 0.3 is 5.97 Å². The number of carbonyl (C=O) groups excluding carboxylic acids is 1. The van der Waals surface area contributed by atoms with Gasteiger partial charge in [0.15, 0.2) is 0 Å². The number of esters is 1. The van der Waals surface area contributed by atoms with Gasteiger partial charge in [0, 0.05) is 5.92 Å². The fraction of sp³-hybridized carbons (Fsp3) is 0.769. The predicted octanol–water partition coefficient (Wildman–Crippen LogP) is 3.07. The molecule has 0 aromatic carbocycles. The molecule has 84 valence electrons. The molecule has 0 N–H and O–H groups in total. The van der Waals surface area contributed by atoms with E-state index in [2.05, 4.69) is 6.08 Å². The third-order valence-electron chi connectivity index (χ3n) is 3.85. The van der Waals surface area contributed by atoms with Crippen molar-refractivity contribution in [3.05, 3.63) is 12.2 Å². The second-order valence-corrected chi connectivity index (χ2v) is 5.52. The topological polar surface area (TPSA) is 26.3 Å². The Bertz CT molecular complexity index is 304. The van der Waals surface area contributed by atoms with Gasteiger partial charge in [0.2, 0.25) is 0 Å². The quantitative estimate of drug-likeness (QED) is 0.489. The van der Waals surface area contributed by atoms with Gasteiger partial charge in [-0.3, -0.25) is 4.79 Å². The third kappa shape index (κ3) is 1.60. The van der Waals surface area contributed by atoms with E-state index < -0.39 is 0 Å². The van der Waals surface area contributed by atoms with Crippen molar-refractivity contribution < 1.29 is 9.53 Å². The van der Waals surface area contributed by atoms with Crippen LogP contribution in [-0.2, 0) is 9.53 Å². The van der Waals surface area contributed by atoms with Gasteiger partial charge in [-0.25, -0.2) is 0 Å². The summed E-state index contributed by atoms with van der Waals surface area (Å²) in [5.41, 5.74) is -0.554. The highest BCUT2D eigenvalue weighted by atomic mass is 16.6. The summed E-state index contributed by atoms with van der Waals surface area (Å²) in [5, 5.41) is 0. The average Bonchev–Trinajstić information content (AvgIpc) is 2.48. The minimum absolute atomic E-state index is 0.0289. The molecule has 0 bridgehead atoms. The van der Waals surface area contributed by atoms with Crippen LogP contribution < -0.4 is 0 Å². The highest BCUT2D eigenvalue weighted by Crippen LogP contribution is 2.50. The van der Waals surface area contributed by atoms with E-state index in [1.54, 1.807) is 0 Å². The molecule has 2 heteroatoms. The Labute approximate surface area is 91.7 Å². The lowest BCUT2D eigenvalue weighted by Gasteiger charge is -2.43. The van der Waals surface area contributed by atoms with E-state index in [0.717, 1.165) is 12.8 Å². The van der Waals surface area contributed by atoms with Crippen LogP contribution >= 0.6 is 0 Å². The van der Waals surface area contributed by atoms with Gasteiger partial charge in [-0.2, -0.15) is 0 Å². The Kier molecular flexibility index (Phi) is 2.40. The molecule has 0 spiro atoms. The molecule has 1 aliphatic carbocycles. The normalized spacial score (nSPS) is 39.1. The SMILES string of the molecule is C/C=C/[C@]12CCC[C@H]1CC(C)(C)C(=O)O2. The van der Waals surface area contributed by atoms with Crippen LogP contribution in [0, 0.1) is 11.3 Å². The molecule has 1 heterocycles. The first kappa shape index (κ1) is 10.7. The lowest BCUT2D eigenvalue weighted by Crippen LogP contribution is -2.48. The zero-order valence-corrected chi connectivity index (χ0v) is 9.88. The van der Waals surface area contributed by atoms with E-state index in [-0.39, 0.29) is 17.0 Å². The second-order valence-electron chi connectivity index (χ2n) is 5.52. The van der Waals surface area contributed by atoms with Crippen molar-refractivity contribution in [2.45, 2.75) is 52.1 Å². The van der Waals surface area contributed by atoms with E-state index in [9.17, 15) is 4.79 Å². The van der Waals surface area contributed by atoms with Gasteiger partial charge in [-0.15, -0.1) is 0 Å². The first-order chi connectivity index (χ1) is 7.00. The van der Waals surface area contributed by atoms with Crippen LogP contribution in [0.2, 0.25) is 0 Å². The molecule has 0 amide bonds. The minimum Gasteiger partial charge on any atom is -0.454 e. The Morgan fingerprint density at radius 1 is 1.47 bits per heavy atom. The summed E-state index contributed by atoms with van der Waals surface area (Å²) in [6, 6.07) is 0. The standard InChI is InChI=1S/C13H20O2/c1-4-7-13-8-5-6-10(13)9-12(2,3)11(14)15-13/h4,7,10H,5-6,8-9H2,1-3H3/b7-4+/t10-,13-/m0/s1. The Hall–Kier alpha value is -0.790. The first-order valence-electron chi connectivity index (χ1n) is 5.87. The van der Waals surface area contributed by atoms with Crippen LogP contribution in [0.15, 0.2) is 12.2 Å². The Morgan fingerprint density at radius 2 is 2.20 bits per heavy atom. The van der Waals surface area contributed by atoms with Gasteiger partial charge in [-0.1, -0.05) is 6.08 Å². The van der Waals surface area contributed by atoms with Crippen LogP contribution in [-0.4, -0.2) is 11.6 Å². The number of hydrogen-bond acceptors (Lipinski definition) is 2. The van der Waals surface area contributed by atoms with Gasteiger partial charge in [0.25, 0.3) is 0 Å². The highest BCUT2D eigenvalue weighted by Gasteiger charge is 2.53. The first-order valence-corrected chi connectivity index (χ1v) is 5.87. The molecule has 1 aliphatic heterocycles. The predicted molar refractivity (Wildman–Crippen MR) is 59.4 cm³/mol. The van der Waals surface area contributed by atoms with Crippen molar-refractivity contribution in [1.29, 1.82) is 0 Å². The van der Waals surface area contributed by atoms with Crippen LogP contribution in [0.1, 0.15) is 46.5 Å². The zero-order valence-electron chi connectivity index (χ0n) is 9.88. The fourth-order valence-corrected chi connectivity index (χ4v) is 3.03. The summed E-state index contributed by atoms with van der Waals surface area (Å²) in [7, 11) is 0. The molecule has 2 nitrogen and oxygen atoms in total. The number of hydrogen-bond donors (Lipinski definition) is 0. The van der Waals surface area contributed by atoms with Gasteiger partial charge in [0.05, 0.1) is 5.41 Å². The number of rotatable bonds is 1. The van der Waals surface area contributed by atoms with E-state index >= 15 is 0 Å². The van der Waals surface area contributed by atoms with Crippen molar-refractivity contribution in [3.8, 4) is 0 Å². The molecule has 2 rings (SSSR count). The number of carbonyl (C=O) groups is 1. The summed E-state index contributed by atoms with van der Waals surface area (Å²) in [5.74, 6) is 0.500. The Morgan fingerprint density at radius 3 is 2.87 bits per heavy atom. The molecule has 15 heavy (non-hydrogen) atoms.